The van der Waals surface area contributed by atoms with Crippen LogP contribution in [0.2, 0.25) is 0 Å². The van der Waals surface area contributed by atoms with E-state index < -0.39 is 5.97 Å². The van der Waals surface area contributed by atoms with Crippen molar-refractivity contribution in [3.05, 3.63) is 23.8 Å². The van der Waals surface area contributed by atoms with E-state index in [-0.39, 0.29) is 5.56 Å². The highest BCUT2D eigenvalue weighted by atomic mass is 16.4. The quantitative estimate of drug-likeness (QED) is 0.775. The summed E-state index contributed by atoms with van der Waals surface area (Å²) in [5.74, 6) is -0.637. The highest BCUT2D eigenvalue weighted by molar-refractivity contribution is 6.01. The van der Waals surface area contributed by atoms with Gasteiger partial charge < -0.3 is 15.4 Å². The largest absolute Gasteiger partial charge is 0.478 e. The van der Waals surface area contributed by atoms with Crippen molar-refractivity contribution in [1.82, 2.24) is 9.55 Å². The number of hydrogen-bond donors (Lipinski definition) is 2. The molecule has 15 heavy (non-hydrogen) atoms. The fourth-order valence-corrected chi connectivity index (χ4v) is 1.67. The van der Waals surface area contributed by atoms with Crippen molar-refractivity contribution in [2.45, 2.75) is 13.5 Å². The molecule has 1 aromatic carbocycles. The Morgan fingerprint density at radius 1 is 1.60 bits per heavy atom. The number of carboxylic acids is 1. The standard InChI is InChI=1S/C10H11N3O2/c1-2-13-7-5-3-4-6(9(14)15)8(7)12-10(13)11/h3-5H,2H2,1H3,(H2,11,12)(H,14,15). The number of carbonyl (C=O) groups is 1. The molecule has 3 N–H and O–H groups in total. The van der Waals surface area contributed by atoms with Crippen LogP contribution in [-0.4, -0.2) is 20.6 Å². The molecule has 0 atom stereocenters. The molecule has 0 aliphatic heterocycles. The van der Waals surface area contributed by atoms with Crippen molar-refractivity contribution in [1.29, 1.82) is 0 Å². The Morgan fingerprint density at radius 3 is 2.93 bits per heavy atom. The van der Waals surface area contributed by atoms with Gasteiger partial charge in [-0.25, -0.2) is 9.78 Å². The lowest BCUT2D eigenvalue weighted by Gasteiger charge is -2.01. The molecule has 0 saturated heterocycles. The predicted molar refractivity (Wildman–Crippen MR) is 56.8 cm³/mol. The van der Waals surface area contributed by atoms with E-state index in [1.165, 1.54) is 6.07 Å². The minimum Gasteiger partial charge on any atom is -0.478 e. The molecule has 5 heteroatoms. The van der Waals surface area contributed by atoms with Crippen LogP contribution in [0.3, 0.4) is 0 Å². The van der Waals surface area contributed by atoms with Crippen LogP contribution in [0.4, 0.5) is 5.95 Å². The normalized spacial score (nSPS) is 10.7. The summed E-state index contributed by atoms with van der Waals surface area (Å²) in [6, 6.07) is 5.03. The van der Waals surface area contributed by atoms with Crippen LogP contribution in [-0.2, 0) is 6.54 Å². The third-order valence-corrected chi connectivity index (χ3v) is 2.36. The van der Waals surface area contributed by atoms with Crippen molar-refractivity contribution in [3.8, 4) is 0 Å². The molecule has 0 unspecified atom stereocenters. The second-order valence-corrected chi connectivity index (χ2v) is 3.19. The van der Waals surface area contributed by atoms with E-state index in [9.17, 15) is 4.79 Å². The van der Waals surface area contributed by atoms with Crippen LogP contribution in [0.15, 0.2) is 18.2 Å². The van der Waals surface area contributed by atoms with Crippen LogP contribution in [0.25, 0.3) is 11.0 Å². The number of fused-ring (bicyclic) bond motifs is 1. The van der Waals surface area contributed by atoms with Crippen molar-refractivity contribution < 1.29 is 9.90 Å². The van der Waals surface area contributed by atoms with E-state index in [2.05, 4.69) is 4.98 Å². The molecule has 1 aromatic heterocycles. The summed E-state index contributed by atoms with van der Waals surface area (Å²) in [4.78, 5) is 15.0. The van der Waals surface area contributed by atoms with Crippen molar-refractivity contribution in [2.75, 3.05) is 5.73 Å². The number of hydrogen-bond acceptors (Lipinski definition) is 3. The number of benzene rings is 1. The number of nitrogens with zero attached hydrogens (tertiary/aromatic N) is 2. The molecule has 2 aromatic rings. The monoisotopic (exact) mass is 205 g/mol. The first-order valence-electron chi connectivity index (χ1n) is 4.63. The van der Waals surface area contributed by atoms with Gasteiger partial charge in [-0.05, 0) is 19.1 Å². The maximum Gasteiger partial charge on any atom is 0.337 e. The van der Waals surface area contributed by atoms with Gasteiger partial charge in [-0.2, -0.15) is 0 Å². The average Bonchev–Trinajstić information content (AvgIpc) is 2.52. The molecule has 0 aliphatic carbocycles. The van der Waals surface area contributed by atoms with E-state index in [0.29, 0.717) is 18.0 Å². The minimum absolute atomic E-state index is 0.186. The van der Waals surface area contributed by atoms with Gasteiger partial charge in [0.05, 0.1) is 11.1 Å². The summed E-state index contributed by atoms with van der Waals surface area (Å²) >= 11 is 0. The van der Waals surface area contributed by atoms with Crippen molar-refractivity contribution in [3.63, 3.8) is 0 Å². The van der Waals surface area contributed by atoms with Gasteiger partial charge in [-0.3, -0.25) is 0 Å². The summed E-state index contributed by atoms with van der Waals surface area (Å²) in [7, 11) is 0. The molecule has 1 heterocycles. The van der Waals surface area contributed by atoms with Crippen molar-refractivity contribution >= 4 is 23.0 Å². The molecule has 0 fully saturated rings. The maximum absolute atomic E-state index is 10.9. The van der Waals surface area contributed by atoms with E-state index in [4.69, 9.17) is 10.8 Å². The fourth-order valence-electron chi connectivity index (χ4n) is 1.67. The minimum atomic E-state index is -0.985. The summed E-state index contributed by atoms with van der Waals surface area (Å²) in [6.07, 6.45) is 0. The van der Waals surface area contributed by atoms with Crippen LogP contribution in [0, 0.1) is 0 Å². The molecule has 0 aliphatic rings. The van der Waals surface area contributed by atoms with Gasteiger partial charge in [0.25, 0.3) is 0 Å². The van der Waals surface area contributed by atoms with E-state index in [1.54, 1.807) is 10.6 Å². The summed E-state index contributed by atoms with van der Waals surface area (Å²) in [5.41, 5.74) is 7.09. The Morgan fingerprint density at radius 2 is 2.33 bits per heavy atom. The molecule has 0 radical (unpaired) electrons. The first kappa shape index (κ1) is 9.51. The van der Waals surface area contributed by atoms with Gasteiger partial charge >= 0.3 is 5.97 Å². The molecular formula is C10H11N3O2. The number of aryl methyl sites for hydroxylation is 1. The fraction of sp³-hybridized carbons (Fsp3) is 0.200. The van der Waals surface area contributed by atoms with E-state index >= 15 is 0 Å². The van der Waals surface area contributed by atoms with Crippen LogP contribution < -0.4 is 5.73 Å². The van der Waals surface area contributed by atoms with Crippen molar-refractivity contribution in [2.24, 2.45) is 0 Å². The number of aromatic carboxylic acids is 1. The molecule has 78 valence electrons. The zero-order valence-corrected chi connectivity index (χ0v) is 8.27. The van der Waals surface area contributed by atoms with Gasteiger partial charge in [-0.15, -0.1) is 0 Å². The number of nitrogens with two attached hydrogens (primary N) is 1. The topological polar surface area (TPSA) is 81.1 Å². The first-order valence-corrected chi connectivity index (χ1v) is 4.63. The van der Waals surface area contributed by atoms with Gasteiger partial charge in [0.15, 0.2) is 0 Å². The third-order valence-electron chi connectivity index (χ3n) is 2.36. The molecule has 0 saturated carbocycles. The average molecular weight is 205 g/mol. The third kappa shape index (κ3) is 1.32. The maximum atomic E-state index is 10.9. The molecule has 0 spiro atoms. The lowest BCUT2D eigenvalue weighted by atomic mass is 10.2. The highest BCUT2D eigenvalue weighted by Crippen LogP contribution is 2.21. The number of rotatable bonds is 2. The Bertz CT molecular complexity index is 531. The van der Waals surface area contributed by atoms with Crippen LogP contribution >= 0.6 is 0 Å². The Balaban J connectivity index is 2.83. The lowest BCUT2D eigenvalue weighted by molar-refractivity contribution is 0.0699. The second-order valence-electron chi connectivity index (χ2n) is 3.19. The lowest BCUT2D eigenvalue weighted by Crippen LogP contribution is -2.00. The Labute approximate surface area is 86.1 Å². The molecule has 0 amide bonds. The number of imidazole rings is 1. The number of para-hydroxylation sites is 1. The van der Waals surface area contributed by atoms with E-state index in [0.717, 1.165) is 5.52 Å². The number of carboxylic acid groups (broad SMARTS) is 1. The highest BCUT2D eigenvalue weighted by Gasteiger charge is 2.14. The number of anilines is 1. The molecular weight excluding hydrogens is 194 g/mol. The predicted octanol–water partition coefficient (Wildman–Crippen LogP) is 1.34. The van der Waals surface area contributed by atoms with Crippen LogP contribution in [0.1, 0.15) is 17.3 Å². The smallest absolute Gasteiger partial charge is 0.337 e. The van der Waals surface area contributed by atoms with Gasteiger partial charge in [0.1, 0.15) is 5.52 Å². The zero-order chi connectivity index (χ0) is 11.0. The van der Waals surface area contributed by atoms with Gasteiger partial charge in [-0.1, -0.05) is 6.07 Å². The first-order chi connectivity index (χ1) is 7.15. The van der Waals surface area contributed by atoms with Crippen LogP contribution in [0.5, 0.6) is 0 Å². The Hall–Kier alpha value is -2.04. The zero-order valence-electron chi connectivity index (χ0n) is 8.27. The summed E-state index contributed by atoms with van der Waals surface area (Å²) in [5, 5.41) is 8.97. The molecule has 0 bridgehead atoms. The molecule has 5 nitrogen and oxygen atoms in total. The summed E-state index contributed by atoms with van der Waals surface area (Å²) < 4.78 is 1.78. The number of nitrogen functional groups attached to an aromatic ring is 1. The Kier molecular flexibility index (Phi) is 2.07. The van der Waals surface area contributed by atoms with Gasteiger partial charge in [0, 0.05) is 6.54 Å². The van der Waals surface area contributed by atoms with E-state index in [1.807, 2.05) is 13.0 Å². The van der Waals surface area contributed by atoms with Gasteiger partial charge in [0.2, 0.25) is 5.95 Å². The SMILES string of the molecule is CCn1c(N)nc2c(C(=O)O)cccc21. The summed E-state index contributed by atoms with van der Waals surface area (Å²) in [6.45, 7) is 2.61. The molecule has 2 rings (SSSR count). The second kappa shape index (κ2) is 3.27. The number of aromatic nitrogens is 2.